The topological polar surface area (TPSA) is 83.7 Å². The molecule has 0 saturated carbocycles. The lowest BCUT2D eigenvalue weighted by Gasteiger charge is -2.33. The van der Waals surface area contributed by atoms with Crippen molar-refractivity contribution in [3.05, 3.63) is 0 Å². The van der Waals surface area contributed by atoms with E-state index in [1.165, 1.54) is 16.1 Å². The van der Waals surface area contributed by atoms with E-state index in [1.54, 1.807) is 14.1 Å². The summed E-state index contributed by atoms with van der Waals surface area (Å²) in [7, 11) is -0.437. The predicted octanol–water partition coefficient (Wildman–Crippen LogP) is -0.536. The van der Waals surface area contributed by atoms with Crippen LogP contribution < -0.4 is 5.73 Å². The Morgan fingerprint density at radius 2 is 2.11 bits per heavy atom. The Morgan fingerprint density at radius 1 is 1.50 bits per heavy atom. The molecule has 6 nitrogen and oxygen atoms in total. The van der Waals surface area contributed by atoms with Crippen molar-refractivity contribution >= 4 is 15.9 Å². The number of rotatable bonds is 4. The first kappa shape index (κ1) is 15.4. The van der Waals surface area contributed by atoms with E-state index in [0.29, 0.717) is 19.6 Å². The lowest BCUT2D eigenvalue weighted by Crippen LogP contribution is -2.49. The zero-order chi connectivity index (χ0) is 13.9. The van der Waals surface area contributed by atoms with E-state index >= 15 is 0 Å². The molecule has 0 aromatic heterocycles. The number of carbonyl (C=O) groups is 1. The summed E-state index contributed by atoms with van der Waals surface area (Å²) in [6, 6.07) is 0. The van der Waals surface area contributed by atoms with Crippen LogP contribution in [0.1, 0.15) is 19.8 Å². The second kappa shape index (κ2) is 5.99. The fraction of sp³-hybridized carbons (Fsp3) is 0.909. The lowest BCUT2D eigenvalue weighted by molar-refractivity contribution is -0.128. The smallest absolute Gasteiger partial charge is 0.241 e. The van der Waals surface area contributed by atoms with Gasteiger partial charge in [0.15, 0.2) is 5.25 Å². The summed E-state index contributed by atoms with van der Waals surface area (Å²) in [4.78, 5) is 13.1. The highest BCUT2D eigenvalue weighted by Crippen LogP contribution is 2.21. The average Bonchev–Trinajstić information content (AvgIpc) is 2.36. The molecule has 2 unspecified atom stereocenters. The SMILES string of the molecule is CC(C(=O)N(C)C)S(=O)(=O)N1CCCC(CN)C1. The molecule has 0 bridgehead atoms. The van der Waals surface area contributed by atoms with E-state index < -0.39 is 15.3 Å². The normalized spacial score (nSPS) is 23.7. The Hall–Kier alpha value is -0.660. The van der Waals surface area contributed by atoms with Crippen LogP contribution in [0.4, 0.5) is 0 Å². The van der Waals surface area contributed by atoms with Gasteiger partial charge in [0.2, 0.25) is 15.9 Å². The highest BCUT2D eigenvalue weighted by molar-refractivity contribution is 7.90. The third-order valence-corrected chi connectivity index (χ3v) is 5.56. The summed E-state index contributed by atoms with van der Waals surface area (Å²) in [6.45, 7) is 2.86. The summed E-state index contributed by atoms with van der Waals surface area (Å²) in [6.07, 6.45) is 1.77. The first-order chi connectivity index (χ1) is 8.30. The van der Waals surface area contributed by atoms with Gasteiger partial charge < -0.3 is 10.6 Å². The van der Waals surface area contributed by atoms with Gasteiger partial charge in [0.1, 0.15) is 0 Å². The molecule has 2 atom stereocenters. The van der Waals surface area contributed by atoms with E-state index in [9.17, 15) is 13.2 Å². The molecule has 1 heterocycles. The quantitative estimate of drug-likeness (QED) is 0.748. The van der Waals surface area contributed by atoms with Gasteiger partial charge in [-0.3, -0.25) is 4.79 Å². The fourth-order valence-electron chi connectivity index (χ4n) is 2.17. The average molecular weight is 277 g/mol. The molecule has 0 aromatic rings. The van der Waals surface area contributed by atoms with Gasteiger partial charge >= 0.3 is 0 Å². The maximum atomic E-state index is 12.3. The number of nitrogens with two attached hydrogens (primary N) is 1. The third-order valence-electron chi connectivity index (χ3n) is 3.41. The van der Waals surface area contributed by atoms with Crippen molar-refractivity contribution in [3.8, 4) is 0 Å². The van der Waals surface area contributed by atoms with Crippen LogP contribution in [0.5, 0.6) is 0 Å². The number of nitrogens with zero attached hydrogens (tertiary/aromatic N) is 2. The van der Waals surface area contributed by atoms with Crippen molar-refractivity contribution in [1.29, 1.82) is 0 Å². The molecule has 0 aliphatic carbocycles. The molecule has 1 amide bonds. The molecule has 1 saturated heterocycles. The van der Waals surface area contributed by atoms with Crippen LogP contribution >= 0.6 is 0 Å². The van der Waals surface area contributed by atoms with Crippen LogP contribution in [-0.2, 0) is 14.8 Å². The van der Waals surface area contributed by atoms with Crippen molar-refractivity contribution < 1.29 is 13.2 Å². The summed E-state index contributed by atoms with van der Waals surface area (Å²) < 4.78 is 26.1. The van der Waals surface area contributed by atoms with Crippen LogP contribution in [0, 0.1) is 5.92 Å². The van der Waals surface area contributed by atoms with Gasteiger partial charge in [-0.25, -0.2) is 12.7 Å². The minimum Gasteiger partial charge on any atom is -0.348 e. The molecule has 7 heteroatoms. The molecular weight excluding hydrogens is 254 g/mol. The molecular formula is C11H23N3O3S. The molecule has 0 spiro atoms. The summed E-state index contributed by atoms with van der Waals surface area (Å²) in [5, 5.41) is -1.02. The van der Waals surface area contributed by atoms with Gasteiger partial charge in [0.05, 0.1) is 0 Å². The highest BCUT2D eigenvalue weighted by atomic mass is 32.2. The fourth-order valence-corrected chi connectivity index (χ4v) is 3.88. The molecule has 1 fully saturated rings. The first-order valence-corrected chi connectivity index (χ1v) is 7.71. The number of piperidine rings is 1. The molecule has 1 aliphatic rings. The Morgan fingerprint density at radius 3 is 2.61 bits per heavy atom. The molecule has 0 aromatic carbocycles. The van der Waals surface area contributed by atoms with E-state index in [0.717, 1.165) is 12.8 Å². The Bertz CT molecular complexity index is 394. The van der Waals surface area contributed by atoms with Crippen molar-refractivity contribution in [2.75, 3.05) is 33.7 Å². The van der Waals surface area contributed by atoms with Crippen molar-refractivity contribution in [3.63, 3.8) is 0 Å². The van der Waals surface area contributed by atoms with Crippen molar-refractivity contribution in [2.45, 2.75) is 25.0 Å². The van der Waals surface area contributed by atoms with Crippen LogP contribution in [0.2, 0.25) is 0 Å². The second-order valence-corrected chi connectivity index (χ2v) is 7.28. The minimum atomic E-state index is -3.56. The maximum Gasteiger partial charge on any atom is 0.241 e. The van der Waals surface area contributed by atoms with Crippen molar-refractivity contribution in [2.24, 2.45) is 11.7 Å². The first-order valence-electron chi connectivity index (χ1n) is 6.21. The monoisotopic (exact) mass is 277 g/mol. The van der Waals surface area contributed by atoms with E-state index in [2.05, 4.69) is 0 Å². The number of amides is 1. The van der Waals surface area contributed by atoms with Gasteiger partial charge in [-0.15, -0.1) is 0 Å². The molecule has 18 heavy (non-hydrogen) atoms. The summed E-state index contributed by atoms with van der Waals surface area (Å²) in [5.74, 6) is -0.181. The van der Waals surface area contributed by atoms with Gasteiger partial charge in [0, 0.05) is 27.2 Å². The van der Waals surface area contributed by atoms with E-state index in [4.69, 9.17) is 5.73 Å². The molecule has 2 N–H and O–H groups in total. The number of hydrogen-bond acceptors (Lipinski definition) is 4. The largest absolute Gasteiger partial charge is 0.348 e. The Balaban J connectivity index is 2.82. The van der Waals surface area contributed by atoms with E-state index in [1.807, 2.05) is 0 Å². The zero-order valence-electron chi connectivity index (χ0n) is 11.3. The van der Waals surface area contributed by atoms with Gasteiger partial charge in [0.25, 0.3) is 0 Å². The van der Waals surface area contributed by atoms with E-state index in [-0.39, 0.29) is 11.8 Å². The maximum absolute atomic E-state index is 12.3. The molecule has 0 radical (unpaired) electrons. The number of hydrogen-bond donors (Lipinski definition) is 1. The summed E-state index contributed by atoms with van der Waals surface area (Å²) in [5.41, 5.74) is 5.60. The lowest BCUT2D eigenvalue weighted by atomic mass is 10.0. The number of sulfonamides is 1. The van der Waals surface area contributed by atoms with Gasteiger partial charge in [-0.2, -0.15) is 0 Å². The van der Waals surface area contributed by atoms with Crippen LogP contribution in [0.15, 0.2) is 0 Å². The van der Waals surface area contributed by atoms with Crippen LogP contribution in [0.3, 0.4) is 0 Å². The summed E-state index contributed by atoms with van der Waals surface area (Å²) >= 11 is 0. The standard InChI is InChI=1S/C11H23N3O3S/c1-9(11(15)13(2)3)18(16,17)14-6-4-5-10(7-12)8-14/h9-10H,4-8,12H2,1-3H3. The van der Waals surface area contributed by atoms with Crippen LogP contribution in [-0.4, -0.2) is 62.5 Å². The molecule has 106 valence electrons. The molecule has 1 aliphatic heterocycles. The van der Waals surface area contributed by atoms with Crippen LogP contribution in [0.25, 0.3) is 0 Å². The van der Waals surface area contributed by atoms with Crippen molar-refractivity contribution in [1.82, 2.24) is 9.21 Å². The van der Waals surface area contributed by atoms with Gasteiger partial charge in [-0.1, -0.05) is 0 Å². The predicted molar refractivity (Wildman–Crippen MR) is 70.4 cm³/mol. The molecule has 1 rings (SSSR count). The second-order valence-electron chi connectivity index (χ2n) is 5.02. The zero-order valence-corrected chi connectivity index (χ0v) is 12.1. The minimum absolute atomic E-state index is 0.204. The Labute approximate surface area is 109 Å². The Kier molecular flexibility index (Phi) is 5.12. The third kappa shape index (κ3) is 3.21. The number of carbonyl (C=O) groups excluding carboxylic acids is 1. The van der Waals surface area contributed by atoms with Gasteiger partial charge in [-0.05, 0) is 32.2 Å². The highest BCUT2D eigenvalue weighted by Gasteiger charge is 2.36.